The van der Waals surface area contributed by atoms with Gasteiger partial charge in [0.05, 0.1) is 12.0 Å². The number of halogens is 1. The van der Waals surface area contributed by atoms with Crippen LogP contribution in [0.5, 0.6) is 0 Å². The number of sulfone groups is 1. The zero-order valence-electron chi connectivity index (χ0n) is 11.5. The average molecular weight is 339 g/mol. The summed E-state index contributed by atoms with van der Waals surface area (Å²) in [5.41, 5.74) is 0. The number of carbonyl (C=O) groups is 1. The van der Waals surface area contributed by atoms with Gasteiger partial charge in [0.15, 0.2) is 9.84 Å². The Morgan fingerprint density at radius 1 is 1.29 bits per heavy atom. The molecule has 1 N–H and O–H groups in total. The highest BCUT2D eigenvalue weighted by Crippen LogP contribution is 2.19. The van der Waals surface area contributed by atoms with Crippen molar-refractivity contribution in [2.24, 2.45) is 0 Å². The third-order valence-electron chi connectivity index (χ3n) is 2.51. The Morgan fingerprint density at radius 2 is 1.86 bits per heavy atom. The van der Waals surface area contributed by atoms with Gasteiger partial charge in [-0.1, -0.05) is 0 Å². The van der Waals surface area contributed by atoms with E-state index in [1.165, 1.54) is 6.92 Å². The predicted octanol–water partition coefficient (Wildman–Crippen LogP) is 0.0690. The normalized spacial score (nSPS) is 13.7. The number of methoxy groups -OCH3 is 1. The van der Waals surface area contributed by atoms with Crippen LogP contribution in [0.1, 0.15) is 6.92 Å². The Kier molecular flexibility index (Phi) is 5.07. The maximum Gasteiger partial charge on any atom is 0.323 e. The van der Waals surface area contributed by atoms with Crippen LogP contribution in [-0.4, -0.2) is 42.2 Å². The van der Waals surface area contributed by atoms with Crippen molar-refractivity contribution in [3.05, 3.63) is 24.0 Å². The minimum Gasteiger partial charge on any atom is -0.468 e. The van der Waals surface area contributed by atoms with Crippen molar-refractivity contribution in [3.63, 3.8) is 0 Å². The molecule has 0 saturated carbocycles. The number of nitrogens with one attached hydrogen (secondary N) is 1. The fraction of sp³-hybridized carbons (Fsp3) is 0.364. The lowest BCUT2D eigenvalue weighted by atomic mass is 10.3. The van der Waals surface area contributed by atoms with Crippen LogP contribution in [0.25, 0.3) is 0 Å². The highest BCUT2D eigenvalue weighted by molar-refractivity contribution is 7.91. The maximum atomic E-state index is 13.7. The van der Waals surface area contributed by atoms with Crippen molar-refractivity contribution in [3.8, 4) is 0 Å². The summed E-state index contributed by atoms with van der Waals surface area (Å²) in [7, 11) is -7.05. The Bertz CT molecular complexity index is 757. The first kappa shape index (κ1) is 17.5. The van der Waals surface area contributed by atoms with Crippen molar-refractivity contribution in [1.29, 1.82) is 0 Å². The lowest BCUT2D eigenvalue weighted by Crippen LogP contribution is -2.39. The van der Waals surface area contributed by atoms with E-state index in [4.69, 9.17) is 0 Å². The topological polar surface area (TPSA) is 107 Å². The summed E-state index contributed by atoms with van der Waals surface area (Å²) in [6.45, 7) is 1.21. The number of hydrogen-bond acceptors (Lipinski definition) is 6. The Labute approximate surface area is 122 Å². The molecule has 0 spiro atoms. The van der Waals surface area contributed by atoms with E-state index in [-0.39, 0.29) is 4.90 Å². The van der Waals surface area contributed by atoms with E-state index < -0.39 is 42.6 Å². The van der Waals surface area contributed by atoms with Gasteiger partial charge in [0.25, 0.3) is 0 Å². The highest BCUT2D eigenvalue weighted by atomic mass is 32.2. The lowest BCUT2D eigenvalue weighted by Gasteiger charge is -2.13. The number of hydrogen-bond donors (Lipinski definition) is 1. The Balaban J connectivity index is 3.29. The van der Waals surface area contributed by atoms with Crippen LogP contribution in [-0.2, 0) is 29.4 Å². The SMILES string of the molecule is COC(=O)C(C)NS(=O)(=O)c1cc(S(C)(=O)=O)ccc1F. The minimum absolute atomic E-state index is 0.352. The van der Waals surface area contributed by atoms with E-state index in [1.54, 1.807) is 0 Å². The molecule has 0 aliphatic heterocycles. The van der Waals surface area contributed by atoms with Crippen molar-refractivity contribution in [2.75, 3.05) is 13.4 Å². The number of carbonyl (C=O) groups excluding carboxylic acids is 1. The van der Waals surface area contributed by atoms with Gasteiger partial charge < -0.3 is 4.74 Å². The molecule has 1 aromatic carbocycles. The van der Waals surface area contributed by atoms with E-state index in [9.17, 15) is 26.0 Å². The fourth-order valence-electron chi connectivity index (χ4n) is 1.44. The predicted molar refractivity (Wildman–Crippen MR) is 71.3 cm³/mol. The largest absolute Gasteiger partial charge is 0.468 e. The molecule has 0 radical (unpaired) electrons. The first-order valence-electron chi connectivity index (χ1n) is 5.59. The van der Waals surface area contributed by atoms with Gasteiger partial charge in [-0.3, -0.25) is 4.79 Å². The van der Waals surface area contributed by atoms with Crippen molar-refractivity contribution in [1.82, 2.24) is 4.72 Å². The monoisotopic (exact) mass is 339 g/mol. The summed E-state index contributed by atoms with van der Waals surface area (Å²) in [5.74, 6) is -2.00. The third kappa shape index (κ3) is 4.22. The van der Waals surface area contributed by atoms with Gasteiger partial charge in [-0.2, -0.15) is 4.72 Å². The van der Waals surface area contributed by atoms with Gasteiger partial charge in [-0.15, -0.1) is 0 Å². The Morgan fingerprint density at radius 3 is 2.33 bits per heavy atom. The molecule has 0 saturated heterocycles. The number of esters is 1. The molecule has 0 aliphatic carbocycles. The smallest absolute Gasteiger partial charge is 0.323 e. The minimum atomic E-state index is -4.42. The summed E-state index contributed by atoms with van der Waals surface area (Å²) in [4.78, 5) is 9.98. The standard InChI is InChI=1S/C11H14FNO6S2/c1-7(11(14)19-2)13-21(17,18)10-6-8(20(3,15)16)4-5-9(10)12/h4-7,13H,1-3H3. The van der Waals surface area contributed by atoms with Gasteiger partial charge in [0.2, 0.25) is 10.0 Å². The number of sulfonamides is 1. The summed E-state index contributed by atoms with van der Waals surface area (Å²) < 4.78 is 66.7. The molecular formula is C11H14FNO6S2. The average Bonchev–Trinajstić information content (AvgIpc) is 2.35. The molecule has 1 aromatic rings. The molecule has 0 bridgehead atoms. The third-order valence-corrected chi connectivity index (χ3v) is 5.17. The quantitative estimate of drug-likeness (QED) is 0.601. The van der Waals surface area contributed by atoms with Gasteiger partial charge in [0.1, 0.15) is 16.8 Å². The van der Waals surface area contributed by atoms with E-state index in [0.29, 0.717) is 6.07 Å². The molecule has 7 nitrogen and oxygen atoms in total. The molecule has 0 aliphatic rings. The summed E-state index contributed by atoms with van der Waals surface area (Å²) in [5, 5.41) is 0. The summed E-state index contributed by atoms with van der Waals surface area (Å²) >= 11 is 0. The van der Waals surface area contributed by atoms with Crippen molar-refractivity contribution >= 4 is 25.8 Å². The lowest BCUT2D eigenvalue weighted by molar-refractivity contribution is -0.142. The second-order valence-corrected chi connectivity index (χ2v) is 7.93. The van der Waals surface area contributed by atoms with Crippen LogP contribution >= 0.6 is 0 Å². The zero-order chi connectivity index (χ0) is 16.4. The molecule has 0 aromatic heterocycles. The van der Waals surface area contributed by atoms with Gasteiger partial charge in [0, 0.05) is 6.26 Å². The fourth-order valence-corrected chi connectivity index (χ4v) is 3.46. The Hall–Kier alpha value is -1.52. The molecule has 10 heteroatoms. The molecule has 0 heterocycles. The van der Waals surface area contributed by atoms with Gasteiger partial charge in [-0.05, 0) is 25.1 Å². The molecular weight excluding hydrogens is 325 g/mol. The second-order valence-electron chi connectivity index (χ2n) is 4.23. The van der Waals surface area contributed by atoms with Crippen LogP contribution in [0.3, 0.4) is 0 Å². The second kappa shape index (κ2) is 6.08. The van der Waals surface area contributed by atoms with Gasteiger partial charge in [-0.25, -0.2) is 21.2 Å². The molecule has 0 amide bonds. The molecule has 0 fully saturated rings. The van der Waals surface area contributed by atoms with Crippen LogP contribution in [0.4, 0.5) is 4.39 Å². The molecule has 1 rings (SSSR count). The van der Waals surface area contributed by atoms with Gasteiger partial charge >= 0.3 is 5.97 Å². The van der Waals surface area contributed by atoms with Crippen LogP contribution < -0.4 is 4.72 Å². The van der Waals surface area contributed by atoms with Crippen LogP contribution in [0.15, 0.2) is 28.0 Å². The molecule has 21 heavy (non-hydrogen) atoms. The van der Waals surface area contributed by atoms with Crippen molar-refractivity contribution in [2.45, 2.75) is 22.8 Å². The molecule has 1 unspecified atom stereocenters. The number of benzene rings is 1. The van der Waals surface area contributed by atoms with E-state index in [0.717, 1.165) is 25.5 Å². The van der Waals surface area contributed by atoms with E-state index >= 15 is 0 Å². The highest BCUT2D eigenvalue weighted by Gasteiger charge is 2.26. The van der Waals surface area contributed by atoms with Crippen LogP contribution in [0.2, 0.25) is 0 Å². The first-order valence-corrected chi connectivity index (χ1v) is 8.96. The molecule has 1 atom stereocenters. The summed E-state index contributed by atoms with van der Waals surface area (Å²) in [6, 6.07) is 1.12. The van der Waals surface area contributed by atoms with Crippen LogP contribution in [0, 0.1) is 5.82 Å². The summed E-state index contributed by atoms with van der Waals surface area (Å²) in [6.07, 6.45) is 0.862. The number of ether oxygens (including phenoxy) is 1. The van der Waals surface area contributed by atoms with E-state index in [2.05, 4.69) is 4.74 Å². The van der Waals surface area contributed by atoms with E-state index in [1.807, 2.05) is 4.72 Å². The maximum absolute atomic E-state index is 13.7. The number of rotatable bonds is 5. The molecule has 118 valence electrons. The van der Waals surface area contributed by atoms with Crippen molar-refractivity contribution < 1.29 is 30.8 Å². The first-order chi connectivity index (χ1) is 9.49. The zero-order valence-corrected chi connectivity index (χ0v) is 13.1.